The van der Waals surface area contributed by atoms with Crippen molar-refractivity contribution in [2.45, 2.75) is 40.0 Å². The van der Waals surface area contributed by atoms with Gasteiger partial charge in [-0.25, -0.2) is 0 Å². The van der Waals surface area contributed by atoms with E-state index in [9.17, 15) is 0 Å². The Hall–Kier alpha value is -2.54. The van der Waals surface area contributed by atoms with Crippen LogP contribution in [-0.2, 0) is 12.8 Å². The van der Waals surface area contributed by atoms with Crippen LogP contribution < -0.4 is 5.32 Å². The van der Waals surface area contributed by atoms with Crippen LogP contribution in [0, 0.1) is 20.8 Å². The van der Waals surface area contributed by atoms with Crippen LogP contribution in [0.5, 0.6) is 0 Å². The normalized spacial score (nSPS) is 15.4. The van der Waals surface area contributed by atoms with E-state index in [0.29, 0.717) is 0 Å². The van der Waals surface area contributed by atoms with Crippen LogP contribution in [0.3, 0.4) is 0 Å². The molecule has 1 nitrogen and oxygen atoms in total. The van der Waals surface area contributed by atoms with Crippen LogP contribution in [0.4, 0.5) is 0 Å². The number of aryl methyl sites for hydroxylation is 3. The van der Waals surface area contributed by atoms with E-state index in [1.54, 1.807) is 0 Å². The van der Waals surface area contributed by atoms with E-state index in [2.05, 4.69) is 80.7 Å². The van der Waals surface area contributed by atoms with Crippen molar-refractivity contribution in [1.29, 1.82) is 0 Å². The fourth-order valence-electron chi connectivity index (χ4n) is 3.94. The van der Waals surface area contributed by atoms with Gasteiger partial charge in [-0.1, -0.05) is 65.3 Å². The molecule has 0 saturated carbocycles. The zero-order valence-electron chi connectivity index (χ0n) is 16.0. The summed E-state index contributed by atoms with van der Waals surface area (Å²) < 4.78 is 0. The molecule has 0 amide bonds. The van der Waals surface area contributed by atoms with E-state index in [1.807, 2.05) is 0 Å². The minimum Gasteiger partial charge on any atom is -0.384 e. The molecule has 0 radical (unpaired) electrons. The van der Waals surface area contributed by atoms with Gasteiger partial charge in [-0.2, -0.15) is 0 Å². The maximum Gasteiger partial charge on any atom is 0.0363 e. The van der Waals surface area contributed by atoms with Crippen LogP contribution in [0.25, 0.3) is 6.08 Å². The van der Waals surface area contributed by atoms with E-state index < -0.39 is 0 Å². The molecule has 4 rings (SSSR count). The predicted octanol–water partition coefficient (Wildman–Crippen LogP) is 5.60. The number of fused-ring (bicyclic) bond motifs is 1. The number of nitrogens with one attached hydrogen (secondary N) is 1. The summed E-state index contributed by atoms with van der Waals surface area (Å²) in [7, 11) is 0. The zero-order valence-corrected chi connectivity index (χ0v) is 16.0. The summed E-state index contributed by atoms with van der Waals surface area (Å²) >= 11 is 0. The molecule has 0 aliphatic heterocycles. The molecule has 2 aliphatic rings. The topological polar surface area (TPSA) is 12.0 Å². The lowest BCUT2D eigenvalue weighted by Crippen LogP contribution is -2.16. The van der Waals surface area contributed by atoms with Gasteiger partial charge in [-0.3, -0.25) is 0 Å². The lowest BCUT2D eigenvalue weighted by Gasteiger charge is -2.11. The van der Waals surface area contributed by atoms with Gasteiger partial charge in [0.25, 0.3) is 0 Å². The number of rotatable bonds is 5. The predicted molar refractivity (Wildman–Crippen MR) is 111 cm³/mol. The van der Waals surface area contributed by atoms with E-state index in [1.165, 1.54) is 50.2 Å². The van der Waals surface area contributed by atoms with Crippen molar-refractivity contribution in [2.75, 3.05) is 6.54 Å². The molecule has 0 aromatic heterocycles. The van der Waals surface area contributed by atoms with Crippen molar-refractivity contribution >= 4 is 6.08 Å². The van der Waals surface area contributed by atoms with Gasteiger partial charge < -0.3 is 5.32 Å². The standard InChI is InChI=1S/C25H27N/c1-17-4-6-19(3)23(10-17)13-20-7-8-21(12-20)16-26-25-14-22-9-5-18(2)11-24(22)15-25/h4-11,14,26H,12-13,15-16H2,1-3H3. The molecule has 2 aromatic rings. The van der Waals surface area contributed by atoms with Gasteiger partial charge in [0.1, 0.15) is 0 Å². The summed E-state index contributed by atoms with van der Waals surface area (Å²) in [6.45, 7) is 7.50. The van der Waals surface area contributed by atoms with Crippen molar-refractivity contribution in [1.82, 2.24) is 5.32 Å². The molecule has 0 bridgehead atoms. The third-order valence-corrected chi connectivity index (χ3v) is 5.48. The second-order valence-electron chi connectivity index (χ2n) is 7.84. The Morgan fingerprint density at radius 3 is 2.50 bits per heavy atom. The van der Waals surface area contributed by atoms with Gasteiger partial charge in [0, 0.05) is 18.7 Å². The Labute approximate surface area is 157 Å². The lowest BCUT2D eigenvalue weighted by molar-refractivity contribution is 0.829. The molecular weight excluding hydrogens is 314 g/mol. The third-order valence-electron chi connectivity index (χ3n) is 5.48. The Morgan fingerprint density at radius 1 is 0.846 bits per heavy atom. The molecule has 0 fully saturated rings. The summed E-state index contributed by atoms with van der Waals surface area (Å²) in [6, 6.07) is 13.5. The van der Waals surface area contributed by atoms with Crippen molar-refractivity contribution in [3.63, 3.8) is 0 Å². The molecule has 1 N–H and O–H groups in total. The van der Waals surface area contributed by atoms with E-state index in [4.69, 9.17) is 0 Å². The SMILES string of the molecule is Cc1ccc(C)c(CC2=CC=C(CNC3=Cc4ccc(C)cc4C3)C2)c1. The number of hydrogen-bond acceptors (Lipinski definition) is 1. The molecule has 0 spiro atoms. The first-order chi connectivity index (χ1) is 12.6. The Kier molecular flexibility index (Phi) is 4.55. The highest BCUT2D eigenvalue weighted by Crippen LogP contribution is 2.27. The molecule has 1 heteroatoms. The van der Waals surface area contributed by atoms with Gasteiger partial charge in [0.15, 0.2) is 0 Å². The summed E-state index contributed by atoms with van der Waals surface area (Å²) in [5.74, 6) is 0. The molecule has 0 unspecified atom stereocenters. The average Bonchev–Trinajstić information content (AvgIpc) is 3.22. The average molecular weight is 341 g/mol. The highest BCUT2D eigenvalue weighted by Gasteiger charge is 2.14. The first-order valence-corrected chi connectivity index (χ1v) is 9.54. The first kappa shape index (κ1) is 16.9. The van der Waals surface area contributed by atoms with E-state index >= 15 is 0 Å². The fourth-order valence-corrected chi connectivity index (χ4v) is 3.94. The second-order valence-corrected chi connectivity index (χ2v) is 7.84. The maximum absolute atomic E-state index is 3.65. The first-order valence-electron chi connectivity index (χ1n) is 9.54. The Bertz CT molecular complexity index is 941. The molecule has 0 atom stereocenters. The minimum atomic E-state index is 0.950. The van der Waals surface area contributed by atoms with Crippen molar-refractivity contribution < 1.29 is 0 Å². The Morgan fingerprint density at radius 2 is 1.62 bits per heavy atom. The number of hydrogen-bond donors (Lipinski definition) is 1. The Balaban J connectivity index is 1.30. The highest BCUT2D eigenvalue weighted by atomic mass is 14.9. The molecule has 2 aromatic carbocycles. The fraction of sp³-hybridized carbons (Fsp3) is 0.280. The van der Waals surface area contributed by atoms with E-state index in [-0.39, 0.29) is 0 Å². The molecule has 0 heterocycles. The van der Waals surface area contributed by atoms with Crippen molar-refractivity contribution in [3.05, 3.63) is 98.8 Å². The van der Waals surface area contributed by atoms with Crippen molar-refractivity contribution in [2.24, 2.45) is 0 Å². The summed E-state index contributed by atoms with van der Waals surface area (Å²) in [6.07, 6.45) is 10.1. The molecule has 132 valence electrons. The molecule has 0 saturated heterocycles. The van der Waals surface area contributed by atoms with Gasteiger partial charge in [-0.05, 0) is 67.5 Å². The maximum atomic E-state index is 3.65. The van der Waals surface area contributed by atoms with Crippen LogP contribution in [0.1, 0.15) is 39.8 Å². The summed E-state index contributed by atoms with van der Waals surface area (Å²) in [5.41, 5.74) is 12.7. The van der Waals surface area contributed by atoms with Crippen molar-refractivity contribution in [3.8, 4) is 0 Å². The van der Waals surface area contributed by atoms with Crippen LogP contribution in [0.2, 0.25) is 0 Å². The second kappa shape index (κ2) is 6.99. The molecule has 26 heavy (non-hydrogen) atoms. The van der Waals surface area contributed by atoms with Gasteiger partial charge >= 0.3 is 0 Å². The van der Waals surface area contributed by atoms with Crippen LogP contribution in [0.15, 0.2) is 65.4 Å². The van der Waals surface area contributed by atoms with Crippen LogP contribution in [-0.4, -0.2) is 6.54 Å². The number of benzene rings is 2. The van der Waals surface area contributed by atoms with Crippen LogP contribution >= 0.6 is 0 Å². The van der Waals surface area contributed by atoms with Gasteiger partial charge in [0.2, 0.25) is 0 Å². The minimum absolute atomic E-state index is 0.950. The summed E-state index contributed by atoms with van der Waals surface area (Å²) in [5, 5.41) is 3.65. The van der Waals surface area contributed by atoms with Gasteiger partial charge in [-0.15, -0.1) is 0 Å². The monoisotopic (exact) mass is 341 g/mol. The zero-order chi connectivity index (χ0) is 18.1. The molecule has 2 aliphatic carbocycles. The summed E-state index contributed by atoms with van der Waals surface area (Å²) in [4.78, 5) is 0. The van der Waals surface area contributed by atoms with Gasteiger partial charge in [0.05, 0.1) is 0 Å². The largest absolute Gasteiger partial charge is 0.384 e. The number of allylic oxidation sites excluding steroid dienone is 4. The van der Waals surface area contributed by atoms with E-state index in [0.717, 1.165) is 25.8 Å². The highest BCUT2D eigenvalue weighted by molar-refractivity contribution is 5.63. The lowest BCUT2D eigenvalue weighted by atomic mass is 9.97. The third kappa shape index (κ3) is 3.67. The molecular formula is C25H27N. The smallest absolute Gasteiger partial charge is 0.0363 e. The quantitative estimate of drug-likeness (QED) is 0.746.